The second-order valence-corrected chi connectivity index (χ2v) is 5.45. The van der Waals surface area contributed by atoms with Gasteiger partial charge < -0.3 is 15.2 Å². The highest BCUT2D eigenvalue weighted by molar-refractivity contribution is 5.68. The van der Waals surface area contributed by atoms with Gasteiger partial charge in [0.1, 0.15) is 5.60 Å². The van der Waals surface area contributed by atoms with Crippen molar-refractivity contribution in [2.75, 3.05) is 0 Å². The molecule has 0 heterocycles. The minimum atomic E-state index is -0.795. The maximum atomic E-state index is 11.5. The van der Waals surface area contributed by atoms with Crippen LogP contribution in [0.1, 0.15) is 47.0 Å². The molecule has 4 heteroatoms. The summed E-state index contributed by atoms with van der Waals surface area (Å²) in [5, 5.41) is 12.6. The van der Waals surface area contributed by atoms with Gasteiger partial charge in [0.25, 0.3) is 0 Å². The molecule has 2 N–H and O–H groups in total. The molecule has 1 rings (SSSR count). The molecule has 88 valence electrons. The zero-order valence-corrected chi connectivity index (χ0v) is 9.96. The zero-order chi connectivity index (χ0) is 11.7. The van der Waals surface area contributed by atoms with Crippen molar-refractivity contribution in [2.24, 2.45) is 0 Å². The molecular formula is C11H21NO3. The molecular weight excluding hydrogens is 194 g/mol. The molecule has 1 amide bonds. The lowest BCUT2D eigenvalue weighted by Gasteiger charge is -2.28. The molecule has 1 saturated carbocycles. The number of hydrogen-bond donors (Lipinski definition) is 2. The van der Waals surface area contributed by atoms with E-state index in [1.54, 1.807) is 6.92 Å². The van der Waals surface area contributed by atoms with Crippen molar-refractivity contribution in [1.29, 1.82) is 0 Å². The average molecular weight is 215 g/mol. The standard InChI is InChI=1S/C11H21NO3/c1-10(2,3)15-9(13)12-8-6-5-7-11(8,4)14/h8,14H,5-7H2,1-4H3,(H,12,13). The van der Waals surface area contributed by atoms with Gasteiger partial charge in [-0.25, -0.2) is 4.79 Å². The third-order valence-electron chi connectivity index (χ3n) is 2.62. The van der Waals surface area contributed by atoms with E-state index >= 15 is 0 Å². The predicted octanol–water partition coefficient (Wildman–Crippen LogP) is 1.81. The first kappa shape index (κ1) is 12.3. The largest absolute Gasteiger partial charge is 0.444 e. The van der Waals surface area contributed by atoms with Crippen molar-refractivity contribution in [3.8, 4) is 0 Å². The molecule has 1 fully saturated rings. The minimum absolute atomic E-state index is 0.188. The Labute approximate surface area is 91.0 Å². The van der Waals surface area contributed by atoms with Crippen molar-refractivity contribution in [1.82, 2.24) is 5.32 Å². The molecule has 4 nitrogen and oxygen atoms in total. The Morgan fingerprint density at radius 2 is 2.13 bits per heavy atom. The van der Waals surface area contributed by atoms with E-state index in [2.05, 4.69) is 5.32 Å². The van der Waals surface area contributed by atoms with Crippen LogP contribution in [0, 0.1) is 0 Å². The average Bonchev–Trinajstić information content (AvgIpc) is 2.26. The first-order valence-electron chi connectivity index (χ1n) is 5.43. The molecule has 0 radical (unpaired) electrons. The third kappa shape index (κ3) is 3.70. The number of amides is 1. The fourth-order valence-electron chi connectivity index (χ4n) is 1.83. The summed E-state index contributed by atoms with van der Waals surface area (Å²) in [6, 6.07) is -0.188. The quantitative estimate of drug-likeness (QED) is 0.701. The number of ether oxygens (including phenoxy) is 1. The van der Waals surface area contributed by atoms with E-state index in [4.69, 9.17) is 4.74 Å². The van der Waals surface area contributed by atoms with Gasteiger partial charge in [-0.15, -0.1) is 0 Å². The van der Waals surface area contributed by atoms with Crippen LogP contribution in [0.25, 0.3) is 0 Å². The van der Waals surface area contributed by atoms with Gasteiger partial charge in [-0.2, -0.15) is 0 Å². The Kier molecular flexibility index (Phi) is 3.28. The van der Waals surface area contributed by atoms with Gasteiger partial charge in [0.15, 0.2) is 0 Å². The van der Waals surface area contributed by atoms with Gasteiger partial charge in [-0.3, -0.25) is 0 Å². The first-order valence-corrected chi connectivity index (χ1v) is 5.43. The van der Waals surface area contributed by atoms with Crippen molar-refractivity contribution in [2.45, 2.75) is 64.2 Å². The van der Waals surface area contributed by atoms with Crippen LogP contribution in [0.2, 0.25) is 0 Å². The predicted molar refractivity (Wildman–Crippen MR) is 57.6 cm³/mol. The molecule has 0 aromatic heterocycles. The smallest absolute Gasteiger partial charge is 0.407 e. The molecule has 0 aromatic carbocycles. The SMILES string of the molecule is CC(C)(C)OC(=O)NC1CCCC1(C)O. The van der Waals surface area contributed by atoms with Crippen LogP contribution >= 0.6 is 0 Å². The molecule has 1 aliphatic carbocycles. The Morgan fingerprint density at radius 1 is 1.53 bits per heavy atom. The van der Waals surface area contributed by atoms with E-state index in [-0.39, 0.29) is 6.04 Å². The van der Waals surface area contributed by atoms with Gasteiger partial charge in [-0.1, -0.05) is 0 Å². The molecule has 0 spiro atoms. The number of rotatable bonds is 1. The van der Waals surface area contributed by atoms with E-state index in [0.29, 0.717) is 0 Å². The van der Waals surface area contributed by atoms with Crippen molar-refractivity contribution < 1.29 is 14.6 Å². The van der Waals surface area contributed by atoms with Gasteiger partial charge in [-0.05, 0) is 47.0 Å². The number of hydrogen-bond acceptors (Lipinski definition) is 3. The zero-order valence-electron chi connectivity index (χ0n) is 9.96. The lowest BCUT2D eigenvalue weighted by atomic mass is 10.0. The molecule has 2 unspecified atom stereocenters. The normalized spacial score (nSPS) is 31.4. The summed E-state index contributed by atoms with van der Waals surface area (Å²) in [4.78, 5) is 11.5. The van der Waals surface area contributed by atoms with Gasteiger partial charge in [0.05, 0.1) is 11.6 Å². The van der Waals surface area contributed by atoms with Crippen LogP contribution in [0.3, 0.4) is 0 Å². The van der Waals surface area contributed by atoms with Crippen LogP contribution in [0.15, 0.2) is 0 Å². The third-order valence-corrected chi connectivity index (χ3v) is 2.62. The van der Waals surface area contributed by atoms with Crippen LogP contribution in [0.5, 0.6) is 0 Å². The Balaban J connectivity index is 2.45. The highest BCUT2D eigenvalue weighted by atomic mass is 16.6. The molecule has 2 atom stereocenters. The van der Waals surface area contributed by atoms with Crippen LogP contribution in [-0.4, -0.2) is 28.4 Å². The number of nitrogens with one attached hydrogen (secondary N) is 1. The van der Waals surface area contributed by atoms with Gasteiger partial charge in [0.2, 0.25) is 0 Å². The first-order chi connectivity index (χ1) is 6.71. The van der Waals surface area contributed by atoms with Crippen molar-refractivity contribution in [3.63, 3.8) is 0 Å². The summed E-state index contributed by atoms with van der Waals surface area (Å²) in [6.45, 7) is 7.21. The highest BCUT2D eigenvalue weighted by Gasteiger charge is 2.38. The second kappa shape index (κ2) is 4.00. The monoisotopic (exact) mass is 215 g/mol. The summed E-state index contributed by atoms with van der Waals surface area (Å²) in [7, 11) is 0. The van der Waals surface area contributed by atoms with Crippen LogP contribution < -0.4 is 5.32 Å². The van der Waals surface area contributed by atoms with Gasteiger partial charge >= 0.3 is 6.09 Å². The molecule has 0 aromatic rings. The number of carbonyl (C=O) groups is 1. The fourth-order valence-corrected chi connectivity index (χ4v) is 1.83. The van der Waals surface area contributed by atoms with E-state index in [1.165, 1.54) is 0 Å². The van der Waals surface area contributed by atoms with E-state index in [0.717, 1.165) is 19.3 Å². The number of alkyl carbamates (subject to hydrolysis) is 1. The molecule has 1 aliphatic rings. The lowest BCUT2D eigenvalue weighted by Crippen LogP contribution is -2.48. The van der Waals surface area contributed by atoms with E-state index < -0.39 is 17.3 Å². The minimum Gasteiger partial charge on any atom is -0.444 e. The van der Waals surface area contributed by atoms with E-state index in [1.807, 2.05) is 20.8 Å². The van der Waals surface area contributed by atoms with Gasteiger partial charge in [0, 0.05) is 0 Å². The number of aliphatic hydroxyl groups is 1. The maximum absolute atomic E-state index is 11.5. The van der Waals surface area contributed by atoms with Crippen molar-refractivity contribution >= 4 is 6.09 Å². The summed E-state index contributed by atoms with van der Waals surface area (Å²) >= 11 is 0. The molecule has 0 saturated heterocycles. The van der Waals surface area contributed by atoms with Crippen LogP contribution in [-0.2, 0) is 4.74 Å². The molecule has 0 bridgehead atoms. The molecule has 0 aliphatic heterocycles. The Bertz CT molecular complexity index is 243. The maximum Gasteiger partial charge on any atom is 0.407 e. The summed E-state index contributed by atoms with van der Waals surface area (Å²) < 4.78 is 5.13. The van der Waals surface area contributed by atoms with Crippen LogP contribution in [0.4, 0.5) is 4.79 Å². The topological polar surface area (TPSA) is 58.6 Å². The summed E-state index contributed by atoms with van der Waals surface area (Å²) in [5.74, 6) is 0. The highest BCUT2D eigenvalue weighted by Crippen LogP contribution is 2.29. The Hall–Kier alpha value is -0.770. The lowest BCUT2D eigenvalue weighted by molar-refractivity contribution is 0.0195. The Morgan fingerprint density at radius 3 is 2.53 bits per heavy atom. The molecule has 15 heavy (non-hydrogen) atoms. The second-order valence-electron chi connectivity index (χ2n) is 5.45. The summed E-state index contributed by atoms with van der Waals surface area (Å²) in [6.07, 6.45) is 2.03. The summed E-state index contributed by atoms with van der Waals surface area (Å²) in [5.41, 5.74) is -1.29. The fraction of sp³-hybridized carbons (Fsp3) is 0.909. The van der Waals surface area contributed by atoms with E-state index in [9.17, 15) is 9.90 Å². The van der Waals surface area contributed by atoms with Crippen molar-refractivity contribution in [3.05, 3.63) is 0 Å². The number of carbonyl (C=O) groups excluding carboxylic acids is 1.